The monoisotopic (exact) mass is 252 g/mol. The molecule has 0 saturated carbocycles. The lowest BCUT2D eigenvalue weighted by atomic mass is 10.1. The minimum Gasteiger partial charge on any atom is -0.324 e. The molecule has 0 saturated heterocycles. The summed E-state index contributed by atoms with van der Waals surface area (Å²) in [7, 11) is 0. The SMILES string of the molecule is Cc1nsc(Sc2cc([C@H](C)N)ccn2)n1. The lowest BCUT2D eigenvalue weighted by Gasteiger charge is -2.05. The van der Waals surface area contributed by atoms with Gasteiger partial charge in [0.2, 0.25) is 0 Å². The van der Waals surface area contributed by atoms with Gasteiger partial charge in [-0.1, -0.05) is 0 Å². The molecule has 0 spiro atoms. The summed E-state index contributed by atoms with van der Waals surface area (Å²) in [6.07, 6.45) is 1.77. The van der Waals surface area contributed by atoms with E-state index in [0.29, 0.717) is 0 Å². The minimum absolute atomic E-state index is 0.0264. The first kappa shape index (κ1) is 11.5. The fourth-order valence-electron chi connectivity index (χ4n) is 1.17. The van der Waals surface area contributed by atoms with Gasteiger partial charge in [-0.15, -0.1) is 0 Å². The quantitative estimate of drug-likeness (QED) is 0.908. The topological polar surface area (TPSA) is 64.7 Å². The van der Waals surface area contributed by atoms with E-state index in [0.717, 1.165) is 20.8 Å². The van der Waals surface area contributed by atoms with Crippen molar-refractivity contribution in [3.8, 4) is 0 Å². The van der Waals surface area contributed by atoms with Gasteiger partial charge in [-0.25, -0.2) is 9.97 Å². The largest absolute Gasteiger partial charge is 0.324 e. The van der Waals surface area contributed by atoms with E-state index in [1.165, 1.54) is 23.3 Å². The van der Waals surface area contributed by atoms with Crippen LogP contribution in [0.15, 0.2) is 27.7 Å². The molecule has 2 heterocycles. The summed E-state index contributed by atoms with van der Waals surface area (Å²) in [6, 6.07) is 3.95. The molecule has 0 aromatic carbocycles. The molecule has 0 unspecified atom stereocenters. The summed E-state index contributed by atoms with van der Waals surface area (Å²) in [5, 5.41) is 0.908. The number of rotatable bonds is 3. The Morgan fingerprint density at radius 2 is 2.31 bits per heavy atom. The number of nitrogens with two attached hydrogens (primary N) is 1. The molecule has 0 radical (unpaired) electrons. The normalized spacial score (nSPS) is 12.7. The first-order valence-electron chi connectivity index (χ1n) is 4.85. The number of aryl methyl sites for hydroxylation is 1. The van der Waals surface area contributed by atoms with Gasteiger partial charge in [0.15, 0.2) is 4.34 Å². The highest BCUT2D eigenvalue weighted by Crippen LogP contribution is 2.28. The van der Waals surface area contributed by atoms with Gasteiger partial charge < -0.3 is 5.73 Å². The van der Waals surface area contributed by atoms with Crippen molar-refractivity contribution in [1.29, 1.82) is 0 Å². The van der Waals surface area contributed by atoms with E-state index >= 15 is 0 Å². The molecule has 0 amide bonds. The Bertz CT molecular complexity index is 481. The summed E-state index contributed by atoms with van der Waals surface area (Å²) in [6.45, 7) is 3.84. The summed E-state index contributed by atoms with van der Waals surface area (Å²) in [5.74, 6) is 0.802. The molecule has 2 rings (SSSR count). The van der Waals surface area contributed by atoms with Gasteiger partial charge in [0, 0.05) is 12.2 Å². The van der Waals surface area contributed by atoms with Crippen molar-refractivity contribution in [1.82, 2.24) is 14.3 Å². The highest BCUT2D eigenvalue weighted by atomic mass is 32.2. The van der Waals surface area contributed by atoms with E-state index in [4.69, 9.17) is 5.73 Å². The van der Waals surface area contributed by atoms with Crippen LogP contribution < -0.4 is 5.73 Å². The highest BCUT2D eigenvalue weighted by Gasteiger charge is 2.06. The second-order valence-electron chi connectivity index (χ2n) is 3.43. The Balaban J connectivity index is 2.18. The zero-order valence-electron chi connectivity index (χ0n) is 9.04. The standard InChI is InChI=1S/C10H12N4S2/c1-6(11)8-3-4-12-9(5-8)15-10-13-7(2)14-16-10/h3-6H,11H2,1-2H3/t6-/m0/s1. The molecule has 2 aromatic heterocycles. The predicted molar refractivity (Wildman–Crippen MR) is 65.6 cm³/mol. The molecule has 4 nitrogen and oxygen atoms in total. The zero-order chi connectivity index (χ0) is 11.5. The highest BCUT2D eigenvalue weighted by molar-refractivity contribution is 8.00. The summed E-state index contributed by atoms with van der Waals surface area (Å²) in [4.78, 5) is 8.55. The van der Waals surface area contributed by atoms with Crippen molar-refractivity contribution in [2.24, 2.45) is 5.73 Å². The molecule has 84 valence electrons. The van der Waals surface area contributed by atoms with E-state index in [-0.39, 0.29) is 6.04 Å². The average molecular weight is 252 g/mol. The maximum atomic E-state index is 5.82. The Hall–Kier alpha value is -0.980. The van der Waals surface area contributed by atoms with Crippen LogP contribution in [-0.4, -0.2) is 14.3 Å². The molecule has 0 fully saturated rings. The Morgan fingerprint density at radius 3 is 2.94 bits per heavy atom. The van der Waals surface area contributed by atoms with Crippen LogP contribution in [0.5, 0.6) is 0 Å². The number of hydrogen-bond donors (Lipinski definition) is 1. The van der Waals surface area contributed by atoms with Crippen LogP contribution >= 0.6 is 23.3 Å². The van der Waals surface area contributed by atoms with Crippen molar-refractivity contribution < 1.29 is 0 Å². The molecule has 0 aliphatic carbocycles. The van der Waals surface area contributed by atoms with Crippen molar-refractivity contribution >= 4 is 23.3 Å². The van der Waals surface area contributed by atoms with Gasteiger partial charge in [0.1, 0.15) is 10.9 Å². The maximum absolute atomic E-state index is 5.82. The second kappa shape index (κ2) is 4.90. The van der Waals surface area contributed by atoms with E-state index < -0.39 is 0 Å². The zero-order valence-corrected chi connectivity index (χ0v) is 10.7. The third-order valence-electron chi connectivity index (χ3n) is 1.99. The van der Waals surface area contributed by atoms with Crippen LogP contribution in [-0.2, 0) is 0 Å². The Morgan fingerprint density at radius 1 is 1.50 bits per heavy atom. The van der Waals surface area contributed by atoms with Crippen molar-refractivity contribution in [2.45, 2.75) is 29.3 Å². The summed E-state index contributed by atoms with van der Waals surface area (Å²) < 4.78 is 5.04. The minimum atomic E-state index is 0.0264. The van der Waals surface area contributed by atoms with Crippen LogP contribution in [0.4, 0.5) is 0 Å². The molecule has 0 aliphatic heterocycles. The van der Waals surface area contributed by atoms with Gasteiger partial charge in [-0.2, -0.15) is 4.37 Å². The van der Waals surface area contributed by atoms with Gasteiger partial charge in [0.25, 0.3) is 0 Å². The predicted octanol–water partition coefficient (Wildman–Crippen LogP) is 2.41. The van der Waals surface area contributed by atoms with Crippen LogP contribution in [0.2, 0.25) is 0 Å². The van der Waals surface area contributed by atoms with Crippen LogP contribution in [0.25, 0.3) is 0 Å². The molecule has 2 N–H and O–H groups in total. The molecular weight excluding hydrogens is 240 g/mol. The molecule has 16 heavy (non-hydrogen) atoms. The lowest BCUT2D eigenvalue weighted by molar-refractivity contribution is 0.808. The molecule has 2 aromatic rings. The molecule has 1 atom stereocenters. The Labute approximate surface area is 102 Å². The number of aromatic nitrogens is 3. The number of pyridine rings is 1. The van der Waals surface area contributed by atoms with Crippen molar-refractivity contribution in [3.63, 3.8) is 0 Å². The maximum Gasteiger partial charge on any atom is 0.176 e. The molecule has 6 heteroatoms. The number of nitrogens with zero attached hydrogens (tertiary/aromatic N) is 3. The van der Waals surface area contributed by atoms with Crippen molar-refractivity contribution in [2.75, 3.05) is 0 Å². The fourth-order valence-corrected chi connectivity index (χ4v) is 2.78. The second-order valence-corrected chi connectivity index (χ2v) is 5.45. The van der Waals surface area contributed by atoms with E-state index in [1.807, 2.05) is 26.0 Å². The van der Waals surface area contributed by atoms with E-state index in [1.54, 1.807) is 6.20 Å². The third-order valence-corrected chi connectivity index (χ3v) is 3.76. The first-order valence-corrected chi connectivity index (χ1v) is 6.44. The molecule has 0 bridgehead atoms. The van der Waals surface area contributed by atoms with Gasteiger partial charge in [0.05, 0.1) is 0 Å². The third kappa shape index (κ3) is 2.78. The summed E-state index contributed by atoms with van der Waals surface area (Å²) in [5.41, 5.74) is 6.90. The fraction of sp³-hybridized carbons (Fsp3) is 0.300. The van der Waals surface area contributed by atoms with Crippen molar-refractivity contribution in [3.05, 3.63) is 29.7 Å². The van der Waals surface area contributed by atoms with Crippen LogP contribution in [0.3, 0.4) is 0 Å². The van der Waals surface area contributed by atoms with E-state index in [9.17, 15) is 0 Å². The smallest absolute Gasteiger partial charge is 0.176 e. The van der Waals surface area contributed by atoms with Crippen LogP contribution in [0, 0.1) is 6.92 Å². The molecule has 0 aliphatic rings. The van der Waals surface area contributed by atoms with E-state index in [2.05, 4.69) is 14.3 Å². The number of hydrogen-bond acceptors (Lipinski definition) is 6. The van der Waals surface area contributed by atoms with Gasteiger partial charge >= 0.3 is 0 Å². The first-order chi connectivity index (χ1) is 7.65. The lowest BCUT2D eigenvalue weighted by Crippen LogP contribution is -2.04. The Kier molecular flexibility index (Phi) is 3.52. The summed E-state index contributed by atoms with van der Waals surface area (Å²) >= 11 is 2.91. The average Bonchev–Trinajstić information content (AvgIpc) is 2.64. The van der Waals surface area contributed by atoms with Crippen LogP contribution in [0.1, 0.15) is 24.4 Å². The van der Waals surface area contributed by atoms with Gasteiger partial charge in [-0.05, 0) is 54.8 Å². The molecular formula is C10H12N4S2. The van der Waals surface area contributed by atoms with Gasteiger partial charge in [-0.3, -0.25) is 0 Å².